The number of furan rings is 1. The molecule has 10 nitrogen and oxygen atoms in total. The van der Waals surface area contributed by atoms with Crippen LogP contribution in [0.2, 0.25) is 0 Å². The van der Waals surface area contributed by atoms with Crippen LogP contribution in [0.15, 0.2) is 435 Å². The number of nitrogens with zero attached hydrogens (tertiary/aromatic N) is 9. The number of aromatic nitrogens is 9. The van der Waals surface area contributed by atoms with Gasteiger partial charge in [0.25, 0.3) is 0 Å². The van der Waals surface area contributed by atoms with Gasteiger partial charge in [0.15, 0.2) is 0 Å². The fourth-order valence-corrected chi connectivity index (χ4v) is 21.4. The van der Waals surface area contributed by atoms with Gasteiger partial charge in [-0.25, -0.2) is 0 Å². The summed E-state index contributed by atoms with van der Waals surface area (Å²) in [5.41, 5.74) is 30.1. The van der Waals surface area contributed by atoms with Gasteiger partial charge in [-0.15, -0.1) is 0 Å². The Morgan fingerprint density at radius 2 is 0.367 bits per heavy atom. The van der Waals surface area contributed by atoms with E-state index in [1.807, 2.05) is 6.07 Å². The first-order valence-electron chi connectivity index (χ1n) is 43.7. The topological polar surface area (TPSA) is 73.4 Å². The van der Waals surface area contributed by atoms with E-state index in [9.17, 15) is 0 Å². The summed E-state index contributed by atoms with van der Waals surface area (Å²) in [7, 11) is 0. The molecule has 0 aliphatic rings. The van der Waals surface area contributed by atoms with Crippen molar-refractivity contribution in [2.24, 2.45) is 0 Å². The van der Waals surface area contributed by atoms with E-state index in [0.29, 0.717) is 17.6 Å². The predicted octanol–water partition coefficient (Wildman–Crippen LogP) is 30.7. The summed E-state index contributed by atoms with van der Waals surface area (Å²) in [5.74, 6) is 1.89. The second-order valence-electron chi connectivity index (χ2n) is 34.0. The van der Waals surface area contributed by atoms with Gasteiger partial charge in [-0.05, 0) is 233 Å². The third-order valence-electron chi connectivity index (χ3n) is 27.1. The minimum Gasteiger partial charge on any atom is -0.456 e. The van der Waals surface area contributed by atoms with Gasteiger partial charge in [0, 0.05) is 121 Å². The second-order valence-corrected chi connectivity index (χ2v) is 34.0. The maximum atomic E-state index is 6.84. The van der Waals surface area contributed by atoms with Crippen LogP contribution >= 0.6 is 0 Å². The van der Waals surface area contributed by atoms with Crippen LogP contribution in [0, 0.1) is 0 Å². The highest BCUT2D eigenvalue weighted by atomic mass is 16.3. The van der Waals surface area contributed by atoms with Crippen LogP contribution in [-0.4, -0.2) is 41.9 Å². The molecule has 0 radical (unpaired) electrons. The molecule has 0 unspecified atom stereocenters. The van der Waals surface area contributed by atoms with Crippen molar-refractivity contribution in [3.63, 3.8) is 0 Å². The average molecular weight is 1630 g/mol. The van der Waals surface area contributed by atoms with Crippen LogP contribution in [-0.2, 0) is 0 Å². The number of benzene rings is 19. The number of rotatable bonds is 11. The molecule has 0 bridgehead atoms. The lowest BCUT2D eigenvalue weighted by Crippen LogP contribution is -2.10. The quantitative estimate of drug-likeness (QED) is 0.130. The average Bonchev–Trinajstić information content (AvgIpc) is 1.55. The molecule has 9 aromatic heterocycles. The zero-order chi connectivity index (χ0) is 83.5. The fourth-order valence-electron chi connectivity index (χ4n) is 21.4. The molecule has 128 heavy (non-hydrogen) atoms. The number of fused-ring (bicyclic) bond motifs is 24. The van der Waals surface area contributed by atoms with Gasteiger partial charge in [0.1, 0.15) is 22.8 Å². The van der Waals surface area contributed by atoms with Crippen LogP contribution in [0.4, 0.5) is 0 Å². The molecule has 28 aromatic rings. The minimum atomic E-state index is 0.502. The molecule has 0 spiro atoms. The van der Waals surface area contributed by atoms with Crippen LogP contribution in [0.25, 0.3) is 259 Å². The Kier molecular flexibility index (Phi) is 14.9. The lowest BCUT2D eigenvalue weighted by molar-refractivity contribution is 0.669. The maximum Gasteiger partial charge on any atom is 0.238 e. The highest BCUT2D eigenvalue weighted by molar-refractivity contribution is 6.21. The predicted molar refractivity (Wildman–Crippen MR) is 531 cm³/mol. The third-order valence-corrected chi connectivity index (χ3v) is 27.1. The lowest BCUT2D eigenvalue weighted by atomic mass is 9.98. The Labute approximate surface area is 731 Å². The molecule has 0 fully saturated rings. The Bertz CT molecular complexity index is 8700. The summed E-state index contributed by atoms with van der Waals surface area (Å²) in [4.78, 5) is 12.1. The number of hydrogen-bond donors (Lipinski definition) is 0. The van der Waals surface area contributed by atoms with Gasteiger partial charge in [-0.2, -0.15) is 9.97 Å². The molecule has 28 rings (SSSR count). The van der Waals surface area contributed by atoms with Crippen LogP contribution in [0.1, 0.15) is 0 Å². The van der Waals surface area contributed by atoms with Gasteiger partial charge < -0.3 is 22.7 Å². The summed E-state index contributed by atoms with van der Waals surface area (Å²) >= 11 is 0. The van der Waals surface area contributed by atoms with Gasteiger partial charge in [0.05, 0.1) is 77.2 Å². The Hall–Kier alpha value is -17.3. The lowest BCUT2D eigenvalue weighted by Gasteiger charge is -2.15. The molecular formula is C118H71N9O. The molecule has 0 aliphatic carbocycles. The van der Waals surface area contributed by atoms with Crippen molar-refractivity contribution in [1.29, 1.82) is 0 Å². The first-order valence-corrected chi connectivity index (χ1v) is 43.7. The summed E-state index contributed by atoms with van der Waals surface area (Å²) in [6.07, 6.45) is 0. The smallest absolute Gasteiger partial charge is 0.238 e. The first kappa shape index (κ1) is 70.2. The summed E-state index contributed by atoms with van der Waals surface area (Å²) in [5, 5.41) is 18.2. The van der Waals surface area contributed by atoms with E-state index in [4.69, 9.17) is 14.4 Å². The summed E-state index contributed by atoms with van der Waals surface area (Å²) < 4.78 is 23.5. The molecule has 19 aromatic carbocycles. The molecule has 0 saturated carbocycles. The van der Waals surface area contributed by atoms with Gasteiger partial charge in [-0.3, -0.25) is 13.7 Å². The van der Waals surface area contributed by atoms with Gasteiger partial charge >= 0.3 is 0 Å². The molecule has 9 heterocycles. The van der Waals surface area contributed by atoms with Crippen molar-refractivity contribution < 1.29 is 4.42 Å². The van der Waals surface area contributed by atoms with Crippen molar-refractivity contribution >= 4 is 175 Å². The van der Waals surface area contributed by atoms with E-state index in [1.165, 1.54) is 43.1 Å². The highest BCUT2D eigenvalue weighted by Crippen LogP contribution is 2.47. The number of para-hydroxylation sites is 10. The second kappa shape index (κ2) is 27.1. The van der Waals surface area contributed by atoms with E-state index >= 15 is 0 Å². The Balaban J connectivity index is 0.704. The fraction of sp³-hybridized carbons (Fsp3) is 0. The van der Waals surface area contributed by atoms with E-state index in [1.54, 1.807) is 0 Å². The SMILES string of the molecule is c1ccc(-n2c3ccccc3c3cc(-c4ccc5c(c4)c4cc(-c6ccc7c(c6)c6ccccc6n7-c6ccccc6)ccc4n5-c4cc(-n5c6ccc(-c7ccc8c(c7)c7ccccc7n8-c7ccccc7)cc6c6cc(-c7ccc8c(c7)c7ccccc7n8-c7ccccc7)ccc65)nc(-n5c6ccccc6c6cc7c(cc65)oc5ccccc57)n4)ccc32)cc1. The van der Waals surface area contributed by atoms with Crippen molar-refractivity contribution in [2.45, 2.75) is 0 Å². The Morgan fingerprint density at radius 1 is 0.141 bits per heavy atom. The molecular weight excluding hydrogens is 1560 g/mol. The molecule has 0 saturated heterocycles. The summed E-state index contributed by atoms with van der Waals surface area (Å²) in [6, 6.07) is 158. The largest absolute Gasteiger partial charge is 0.456 e. The maximum absolute atomic E-state index is 6.84. The minimum absolute atomic E-state index is 0.502. The van der Waals surface area contributed by atoms with Gasteiger partial charge in [-0.1, -0.05) is 231 Å². The molecule has 0 atom stereocenters. The van der Waals surface area contributed by atoms with E-state index in [2.05, 4.69) is 457 Å². The Morgan fingerprint density at radius 3 is 0.664 bits per heavy atom. The van der Waals surface area contributed by atoms with Crippen LogP contribution in [0.3, 0.4) is 0 Å². The van der Waals surface area contributed by atoms with Crippen LogP contribution in [0.5, 0.6) is 0 Å². The van der Waals surface area contributed by atoms with E-state index in [-0.39, 0.29) is 0 Å². The van der Waals surface area contributed by atoms with E-state index in [0.717, 1.165) is 199 Å². The summed E-state index contributed by atoms with van der Waals surface area (Å²) in [6.45, 7) is 0. The van der Waals surface area contributed by atoms with Crippen molar-refractivity contribution in [2.75, 3.05) is 0 Å². The normalized spacial score (nSPS) is 12.2. The van der Waals surface area contributed by atoms with Crippen LogP contribution < -0.4 is 0 Å². The molecule has 0 aliphatic heterocycles. The molecule has 10 heteroatoms. The third kappa shape index (κ3) is 10.4. The highest BCUT2D eigenvalue weighted by Gasteiger charge is 2.27. The number of hydrogen-bond acceptors (Lipinski definition) is 3. The van der Waals surface area contributed by atoms with Crippen molar-refractivity contribution in [3.05, 3.63) is 431 Å². The first-order chi connectivity index (χ1) is 63.5. The zero-order valence-electron chi connectivity index (χ0n) is 68.9. The van der Waals surface area contributed by atoms with Gasteiger partial charge in [0.2, 0.25) is 5.95 Å². The zero-order valence-corrected chi connectivity index (χ0v) is 68.9. The van der Waals surface area contributed by atoms with Crippen molar-refractivity contribution in [1.82, 2.24) is 41.9 Å². The van der Waals surface area contributed by atoms with Crippen molar-refractivity contribution in [3.8, 4) is 84.8 Å². The van der Waals surface area contributed by atoms with E-state index < -0.39 is 0 Å². The monoisotopic (exact) mass is 1630 g/mol. The molecule has 594 valence electrons. The molecule has 0 N–H and O–H groups in total. The molecule has 0 amide bonds. The standard InChI is InChI=1S/C118H71N9O/c1-5-25-80(26-6-1)121-100-39-19-13-33-84(100)90-61-72(45-53-105(90)121)76-49-57-109-94(65-76)95-66-77(73-46-54-106-91(62-73)85-34-14-20-40-101(85)122(106)81-27-7-2-8-28-81)50-58-110(95)125(109)116-71-117(120-118(119-116)127-104-43-23-17-37-88(104)98-69-99-89-38-18-24-44-114(89)128-115(99)70-113(98)127)126-111-59-51-78(74-47-55-107-92(63-74)86-35-15-21-41-102(86)123(107)82-29-9-3-10-30-82)67-96(111)97-68-79(52-60-112(97)126)75-48-56-108-93(64-75)87-36-16-22-42-103(87)124(108)83-31-11-4-12-32-83/h1-71H.